The average molecular weight is 332 g/mol. The molecule has 7 nitrogen and oxygen atoms in total. The molecule has 3 heterocycles. The number of piperazine rings is 1. The number of hydrogen-bond acceptors (Lipinski definition) is 7. The van der Waals surface area contributed by atoms with Crippen molar-refractivity contribution in [2.45, 2.75) is 26.7 Å². The zero-order valence-electron chi connectivity index (χ0n) is 13.6. The summed E-state index contributed by atoms with van der Waals surface area (Å²) in [6.45, 7) is 9.08. The fourth-order valence-corrected chi connectivity index (χ4v) is 3.03. The van der Waals surface area contributed by atoms with Crippen LogP contribution in [0.25, 0.3) is 0 Å². The van der Waals surface area contributed by atoms with Crippen molar-refractivity contribution in [3.8, 4) is 0 Å². The van der Waals surface area contributed by atoms with Crippen LogP contribution in [0.15, 0.2) is 12.3 Å². The van der Waals surface area contributed by atoms with Gasteiger partial charge in [0, 0.05) is 43.9 Å². The summed E-state index contributed by atoms with van der Waals surface area (Å²) in [7, 11) is 0. The molecule has 1 aliphatic heterocycles. The lowest BCUT2D eigenvalue weighted by atomic mass is 10.2. The van der Waals surface area contributed by atoms with Crippen LogP contribution in [-0.2, 0) is 0 Å². The molecule has 0 aromatic carbocycles. The van der Waals surface area contributed by atoms with E-state index >= 15 is 0 Å². The number of amides is 1. The summed E-state index contributed by atoms with van der Waals surface area (Å²) < 4.78 is 3.75. The van der Waals surface area contributed by atoms with E-state index < -0.39 is 0 Å². The second-order valence-electron chi connectivity index (χ2n) is 5.94. The third-order valence-corrected chi connectivity index (χ3v) is 4.49. The predicted octanol–water partition coefficient (Wildman–Crippen LogP) is 1.72. The van der Waals surface area contributed by atoms with E-state index in [1.807, 2.05) is 17.9 Å². The van der Waals surface area contributed by atoms with Gasteiger partial charge in [-0.2, -0.15) is 0 Å². The van der Waals surface area contributed by atoms with Gasteiger partial charge in [-0.15, -0.1) is 5.10 Å². The van der Waals surface area contributed by atoms with Crippen molar-refractivity contribution >= 4 is 23.3 Å². The Hall–Kier alpha value is -2.09. The van der Waals surface area contributed by atoms with Crippen molar-refractivity contribution in [2.24, 2.45) is 0 Å². The van der Waals surface area contributed by atoms with Crippen molar-refractivity contribution in [3.63, 3.8) is 0 Å². The highest BCUT2D eigenvalue weighted by Gasteiger charge is 2.24. The second kappa shape index (κ2) is 6.57. The van der Waals surface area contributed by atoms with Crippen LogP contribution < -0.4 is 4.90 Å². The molecule has 0 spiro atoms. The fourth-order valence-electron chi connectivity index (χ4n) is 2.55. The Labute approximate surface area is 139 Å². The normalized spacial score (nSPS) is 15.3. The Morgan fingerprint density at radius 1 is 1.22 bits per heavy atom. The van der Waals surface area contributed by atoms with Crippen LogP contribution >= 0.6 is 11.5 Å². The monoisotopic (exact) mass is 332 g/mol. The van der Waals surface area contributed by atoms with Gasteiger partial charge in [0.25, 0.3) is 5.91 Å². The number of rotatable bonds is 3. The van der Waals surface area contributed by atoms with Crippen LogP contribution in [0.2, 0.25) is 0 Å². The lowest BCUT2D eigenvalue weighted by Crippen LogP contribution is -2.49. The van der Waals surface area contributed by atoms with Gasteiger partial charge < -0.3 is 9.80 Å². The molecule has 1 fully saturated rings. The van der Waals surface area contributed by atoms with Gasteiger partial charge in [-0.05, 0) is 18.5 Å². The smallest absolute Gasteiger partial charge is 0.267 e. The molecule has 3 rings (SSSR count). The minimum absolute atomic E-state index is 0.0152. The maximum absolute atomic E-state index is 12.3. The summed E-state index contributed by atoms with van der Waals surface area (Å²) in [5.41, 5.74) is 0.980. The molecule has 1 amide bonds. The van der Waals surface area contributed by atoms with Gasteiger partial charge in [0.1, 0.15) is 16.5 Å². The largest absolute Gasteiger partial charge is 0.353 e. The summed E-state index contributed by atoms with van der Waals surface area (Å²) in [6.07, 6.45) is 1.53. The van der Waals surface area contributed by atoms with Crippen LogP contribution in [0.4, 0.5) is 5.82 Å². The van der Waals surface area contributed by atoms with Gasteiger partial charge in [0.15, 0.2) is 0 Å². The molecule has 0 radical (unpaired) electrons. The van der Waals surface area contributed by atoms with E-state index in [4.69, 9.17) is 0 Å². The molecule has 0 bridgehead atoms. The summed E-state index contributed by atoms with van der Waals surface area (Å²) >= 11 is 1.14. The molecular weight excluding hydrogens is 312 g/mol. The summed E-state index contributed by atoms with van der Waals surface area (Å²) in [5.74, 6) is 2.14. The van der Waals surface area contributed by atoms with Crippen molar-refractivity contribution in [2.75, 3.05) is 31.1 Å². The first-order chi connectivity index (χ1) is 11.0. The van der Waals surface area contributed by atoms with Crippen LogP contribution in [0.3, 0.4) is 0 Å². The highest BCUT2D eigenvalue weighted by molar-refractivity contribution is 7.07. The molecule has 0 atom stereocenters. The molecule has 23 heavy (non-hydrogen) atoms. The Balaban J connectivity index is 1.68. The predicted molar refractivity (Wildman–Crippen MR) is 88.9 cm³/mol. The van der Waals surface area contributed by atoms with E-state index in [9.17, 15) is 4.79 Å². The zero-order valence-corrected chi connectivity index (χ0v) is 14.4. The molecule has 0 saturated carbocycles. The molecule has 1 saturated heterocycles. The SMILES string of the molecule is Cc1cc(N2CCN(C(=O)c3cnns3)CC2)nc(C(C)C)n1. The topological polar surface area (TPSA) is 75.1 Å². The number of hydrogen-bond donors (Lipinski definition) is 0. The third-order valence-electron chi connectivity index (χ3n) is 3.84. The lowest BCUT2D eigenvalue weighted by molar-refractivity contribution is 0.0751. The summed E-state index contributed by atoms with van der Waals surface area (Å²) in [4.78, 5) is 26.1. The standard InChI is InChI=1S/C15H20N6OS/c1-10(2)14-17-11(3)8-13(18-14)20-4-6-21(7-5-20)15(22)12-9-16-19-23-12/h8-10H,4-7H2,1-3H3. The fraction of sp³-hybridized carbons (Fsp3) is 0.533. The number of aromatic nitrogens is 4. The highest BCUT2D eigenvalue weighted by Crippen LogP contribution is 2.19. The molecule has 1 aliphatic rings. The first-order valence-electron chi connectivity index (χ1n) is 7.71. The van der Waals surface area contributed by atoms with Crippen molar-refractivity contribution in [1.82, 2.24) is 24.5 Å². The summed E-state index contributed by atoms with van der Waals surface area (Å²) in [5, 5.41) is 3.73. The number of carbonyl (C=O) groups excluding carboxylic acids is 1. The third kappa shape index (κ3) is 3.47. The zero-order chi connectivity index (χ0) is 16.4. The molecule has 8 heteroatoms. The number of nitrogens with zero attached hydrogens (tertiary/aromatic N) is 6. The molecule has 122 valence electrons. The van der Waals surface area contributed by atoms with Gasteiger partial charge >= 0.3 is 0 Å². The summed E-state index contributed by atoms with van der Waals surface area (Å²) in [6, 6.07) is 2.01. The van der Waals surface area contributed by atoms with E-state index in [0.29, 0.717) is 23.9 Å². The molecule has 0 N–H and O–H groups in total. The molecular formula is C15H20N6OS. The lowest BCUT2D eigenvalue weighted by Gasteiger charge is -2.35. The van der Waals surface area contributed by atoms with Crippen LogP contribution in [-0.4, -0.2) is 56.5 Å². The van der Waals surface area contributed by atoms with Crippen molar-refractivity contribution < 1.29 is 4.79 Å². The quantitative estimate of drug-likeness (QED) is 0.852. The Morgan fingerprint density at radius 2 is 1.96 bits per heavy atom. The van der Waals surface area contributed by atoms with Crippen LogP contribution in [0.1, 0.15) is 41.0 Å². The van der Waals surface area contributed by atoms with Crippen molar-refractivity contribution in [3.05, 3.63) is 28.7 Å². The van der Waals surface area contributed by atoms with E-state index in [1.165, 1.54) is 6.20 Å². The number of carbonyl (C=O) groups is 1. The van der Waals surface area contributed by atoms with Crippen LogP contribution in [0, 0.1) is 6.92 Å². The van der Waals surface area contributed by atoms with Crippen molar-refractivity contribution in [1.29, 1.82) is 0 Å². The van der Waals surface area contributed by atoms with E-state index in [2.05, 4.69) is 38.3 Å². The average Bonchev–Trinajstić information content (AvgIpc) is 3.08. The van der Waals surface area contributed by atoms with Gasteiger partial charge in [-0.1, -0.05) is 18.3 Å². The van der Waals surface area contributed by atoms with Gasteiger partial charge in [0.05, 0.1) is 6.20 Å². The minimum Gasteiger partial charge on any atom is -0.353 e. The molecule has 2 aromatic heterocycles. The van der Waals surface area contributed by atoms with E-state index in [-0.39, 0.29) is 5.91 Å². The Bertz CT molecular complexity index is 679. The Kier molecular flexibility index (Phi) is 4.51. The highest BCUT2D eigenvalue weighted by atomic mass is 32.1. The molecule has 0 aliphatic carbocycles. The number of aryl methyl sites for hydroxylation is 1. The van der Waals surface area contributed by atoms with E-state index in [1.54, 1.807) is 0 Å². The Morgan fingerprint density at radius 3 is 2.57 bits per heavy atom. The molecule has 0 unspecified atom stereocenters. The first kappa shape index (κ1) is 15.8. The van der Waals surface area contributed by atoms with E-state index in [0.717, 1.165) is 42.0 Å². The van der Waals surface area contributed by atoms with Gasteiger partial charge in [-0.25, -0.2) is 9.97 Å². The van der Waals surface area contributed by atoms with Gasteiger partial charge in [0.2, 0.25) is 0 Å². The molecule has 2 aromatic rings. The minimum atomic E-state index is 0.0152. The maximum atomic E-state index is 12.3. The number of anilines is 1. The second-order valence-corrected chi connectivity index (χ2v) is 6.73. The first-order valence-corrected chi connectivity index (χ1v) is 8.49. The van der Waals surface area contributed by atoms with Crippen LogP contribution in [0.5, 0.6) is 0 Å². The van der Waals surface area contributed by atoms with Gasteiger partial charge in [-0.3, -0.25) is 4.79 Å². The maximum Gasteiger partial charge on any atom is 0.267 e.